The lowest BCUT2D eigenvalue weighted by molar-refractivity contribution is -0.137. The van der Waals surface area contributed by atoms with Gasteiger partial charge in [0, 0.05) is 41.9 Å². The van der Waals surface area contributed by atoms with E-state index in [4.69, 9.17) is 9.40 Å². The highest BCUT2D eigenvalue weighted by atomic mass is 19.4. The SMILES string of the molecule is CCC#Cc1cc(NC(=O)N2c3nc(-c4cccc(C(F)(F)F)c4)ccc3N3CC[C@H]2C3)cc(-c2cnco2)c1. The topological polar surface area (TPSA) is 74.5 Å². The van der Waals surface area contributed by atoms with E-state index in [1.165, 1.54) is 12.5 Å². The van der Waals surface area contributed by atoms with Crippen molar-refractivity contribution in [3.63, 3.8) is 0 Å². The number of aromatic nitrogens is 2. The smallest absolute Gasteiger partial charge is 0.416 e. The van der Waals surface area contributed by atoms with Crippen LogP contribution in [0.5, 0.6) is 0 Å². The fourth-order valence-corrected chi connectivity index (χ4v) is 5.13. The van der Waals surface area contributed by atoms with Crippen molar-refractivity contribution in [3.8, 4) is 34.4 Å². The first-order chi connectivity index (χ1) is 19.3. The molecule has 0 unspecified atom stereocenters. The summed E-state index contributed by atoms with van der Waals surface area (Å²) in [5.74, 6) is 7.10. The van der Waals surface area contributed by atoms with Crippen LogP contribution in [0, 0.1) is 11.8 Å². The number of fused-ring (bicyclic) bond motifs is 4. The summed E-state index contributed by atoms with van der Waals surface area (Å²) in [7, 11) is 0. The van der Waals surface area contributed by atoms with E-state index in [1.807, 2.05) is 19.1 Å². The number of anilines is 3. The summed E-state index contributed by atoms with van der Waals surface area (Å²) in [6.45, 7) is 3.36. The molecular formula is C30H24F3N5O2. The number of amides is 2. The molecule has 2 aliphatic heterocycles. The van der Waals surface area contributed by atoms with Crippen LogP contribution in [0.15, 0.2) is 71.6 Å². The Bertz CT molecular complexity index is 1640. The minimum atomic E-state index is -4.47. The van der Waals surface area contributed by atoms with E-state index < -0.39 is 11.7 Å². The van der Waals surface area contributed by atoms with Gasteiger partial charge in [-0.15, -0.1) is 0 Å². The van der Waals surface area contributed by atoms with E-state index in [0.717, 1.165) is 30.8 Å². The van der Waals surface area contributed by atoms with Gasteiger partial charge in [0.1, 0.15) is 0 Å². The number of pyridine rings is 1. The second-order valence-corrected chi connectivity index (χ2v) is 9.63. The molecule has 6 rings (SSSR count). The van der Waals surface area contributed by atoms with Crippen LogP contribution in [0.3, 0.4) is 0 Å². The fraction of sp³-hybridized carbons (Fsp3) is 0.233. The van der Waals surface area contributed by atoms with Crippen molar-refractivity contribution in [1.29, 1.82) is 0 Å². The maximum atomic E-state index is 13.8. The Balaban J connectivity index is 1.36. The summed E-state index contributed by atoms with van der Waals surface area (Å²) >= 11 is 0. The van der Waals surface area contributed by atoms with Gasteiger partial charge in [-0.2, -0.15) is 13.2 Å². The zero-order valence-corrected chi connectivity index (χ0v) is 21.5. The van der Waals surface area contributed by atoms with Gasteiger partial charge >= 0.3 is 12.2 Å². The first-order valence-electron chi connectivity index (χ1n) is 12.9. The fourth-order valence-electron chi connectivity index (χ4n) is 5.13. The molecule has 2 aromatic carbocycles. The number of nitrogens with zero attached hydrogens (tertiary/aromatic N) is 4. The molecule has 1 N–H and O–H groups in total. The number of alkyl halides is 3. The molecular weight excluding hydrogens is 519 g/mol. The lowest BCUT2D eigenvalue weighted by Gasteiger charge is -2.36. The molecule has 0 aliphatic carbocycles. The molecule has 1 saturated heterocycles. The second-order valence-electron chi connectivity index (χ2n) is 9.63. The Morgan fingerprint density at radius 1 is 1.15 bits per heavy atom. The van der Waals surface area contributed by atoms with Gasteiger partial charge in [0.15, 0.2) is 18.0 Å². The van der Waals surface area contributed by atoms with Crippen LogP contribution in [0.4, 0.5) is 35.2 Å². The largest absolute Gasteiger partial charge is 0.444 e. The number of benzene rings is 2. The Kier molecular flexibility index (Phi) is 6.42. The summed E-state index contributed by atoms with van der Waals surface area (Å²) < 4.78 is 45.5. The third kappa shape index (κ3) is 4.86. The van der Waals surface area contributed by atoms with Crippen molar-refractivity contribution in [3.05, 3.63) is 78.3 Å². The van der Waals surface area contributed by atoms with Crippen molar-refractivity contribution in [2.75, 3.05) is 28.2 Å². The quantitative estimate of drug-likeness (QED) is 0.287. The van der Waals surface area contributed by atoms with Crippen LogP contribution in [-0.2, 0) is 6.18 Å². The number of carbonyl (C=O) groups excluding carboxylic acids is 1. The first-order valence-corrected chi connectivity index (χ1v) is 12.9. The van der Waals surface area contributed by atoms with E-state index >= 15 is 0 Å². The Hall–Kier alpha value is -4.78. The third-order valence-corrected chi connectivity index (χ3v) is 6.97. The summed E-state index contributed by atoms with van der Waals surface area (Å²) in [6.07, 6.45) is -0.125. The van der Waals surface area contributed by atoms with Gasteiger partial charge in [-0.1, -0.05) is 30.9 Å². The predicted molar refractivity (Wildman–Crippen MR) is 146 cm³/mol. The Morgan fingerprint density at radius 2 is 2.02 bits per heavy atom. The summed E-state index contributed by atoms with van der Waals surface area (Å²) in [5, 5.41) is 2.99. The molecule has 2 bridgehead atoms. The minimum absolute atomic E-state index is 0.131. The molecule has 2 aliphatic rings. The zero-order chi connectivity index (χ0) is 27.9. The van der Waals surface area contributed by atoms with Crippen molar-refractivity contribution >= 4 is 23.2 Å². The van der Waals surface area contributed by atoms with E-state index in [9.17, 15) is 18.0 Å². The summed E-state index contributed by atoms with van der Waals surface area (Å²) in [5.41, 5.74) is 2.64. The molecule has 1 fully saturated rings. The molecule has 10 heteroatoms. The predicted octanol–water partition coefficient (Wildman–Crippen LogP) is 6.81. The monoisotopic (exact) mass is 543 g/mol. The van der Waals surface area contributed by atoms with Crippen LogP contribution < -0.4 is 15.1 Å². The Morgan fingerprint density at radius 3 is 2.80 bits per heavy atom. The molecule has 40 heavy (non-hydrogen) atoms. The Labute approximate surface area is 228 Å². The third-order valence-electron chi connectivity index (χ3n) is 6.97. The average Bonchev–Trinajstić information content (AvgIpc) is 3.63. The van der Waals surface area contributed by atoms with Gasteiger partial charge in [0.25, 0.3) is 0 Å². The van der Waals surface area contributed by atoms with E-state index in [0.29, 0.717) is 52.6 Å². The van der Waals surface area contributed by atoms with Crippen molar-refractivity contribution in [2.24, 2.45) is 0 Å². The van der Waals surface area contributed by atoms with Crippen LogP contribution in [0.2, 0.25) is 0 Å². The van der Waals surface area contributed by atoms with Crippen LogP contribution in [-0.4, -0.2) is 35.1 Å². The number of rotatable bonds is 3. The standard InChI is InChI=1S/C30H24F3N5O2/c1-2-3-5-19-12-21(27-16-34-18-40-27)15-23(13-19)35-29(39)38-24-10-11-37(17-24)26-9-8-25(36-28(26)38)20-6-4-7-22(14-20)30(31,32)33/h4,6-9,12-16,18,24H,2,10-11,17H2,1H3,(H,35,39)/t24-/m0/s1. The zero-order valence-electron chi connectivity index (χ0n) is 21.5. The number of carbonyl (C=O) groups is 1. The molecule has 0 saturated carbocycles. The highest BCUT2D eigenvalue weighted by Gasteiger charge is 2.40. The van der Waals surface area contributed by atoms with Gasteiger partial charge in [0.2, 0.25) is 0 Å². The number of oxazole rings is 1. The maximum absolute atomic E-state index is 13.8. The molecule has 4 aromatic rings. The number of halogens is 3. The number of urea groups is 1. The number of hydrogen-bond donors (Lipinski definition) is 1. The average molecular weight is 544 g/mol. The van der Waals surface area contributed by atoms with Crippen LogP contribution in [0.25, 0.3) is 22.6 Å². The van der Waals surface area contributed by atoms with Crippen LogP contribution in [0.1, 0.15) is 30.9 Å². The van der Waals surface area contributed by atoms with E-state index in [1.54, 1.807) is 35.4 Å². The van der Waals surface area contributed by atoms with Gasteiger partial charge in [-0.05, 0) is 48.9 Å². The van der Waals surface area contributed by atoms with Gasteiger partial charge < -0.3 is 14.6 Å². The molecule has 0 spiro atoms. The lowest BCUT2D eigenvalue weighted by Crippen LogP contribution is -2.48. The second kappa shape index (κ2) is 10.1. The van der Waals surface area contributed by atoms with Gasteiger partial charge in [-0.3, -0.25) is 4.90 Å². The minimum Gasteiger partial charge on any atom is -0.444 e. The van der Waals surface area contributed by atoms with Crippen LogP contribution >= 0.6 is 0 Å². The molecule has 2 amide bonds. The van der Waals surface area contributed by atoms with Gasteiger partial charge in [-0.25, -0.2) is 14.8 Å². The van der Waals surface area contributed by atoms with Gasteiger partial charge in [0.05, 0.1) is 29.2 Å². The summed E-state index contributed by atoms with van der Waals surface area (Å²) in [4.78, 5) is 26.3. The first kappa shape index (κ1) is 25.5. The highest BCUT2D eigenvalue weighted by Crippen LogP contribution is 2.41. The molecule has 4 heterocycles. The van der Waals surface area contributed by atoms with Crippen molar-refractivity contribution < 1.29 is 22.4 Å². The molecule has 7 nitrogen and oxygen atoms in total. The maximum Gasteiger partial charge on any atom is 0.416 e. The molecule has 0 radical (unpaired) electrons. The summed E-state index contributed by atoms with van der Waals surface area (Å²) in [6, 6.07) is 13.5. The lowest BCUT2D eigenvalue weighted by atomic mass is 10.1. The normalized spacial score (nSPS) is 15.8. The van der Waals surface area contributed by atoms with Crippen molar-refractivity contribution in [1.82, 2.24) is 9.97 Å². The number of nitrogens with one attached hydrogen (secondary N) is 1. The molecule has 202 valence electrons. The molecule has 2 aromatic heterocycles. The highest BCUT2D eigenvalue weighted by molar-refractivity contribution is 6.05. The molecule has 1 atom stereocenters. The van der Waals surface area contributed by atoms with E-state index in [2.05, 4.69) is 27.0 Å². The van der Waals surface area contributed by atoms with Crippen molar-refractivity contribution in [2.45, 2.75) is 32.0 Å². The van der Waals surface area contributed by atoms with E-state index in [-0.39, 0.29) is 12.1 Å². The number of hydrogen-bond acceptors (Lipinski definition) is 5.